The lowest BCUT2D eigenvalue weighted by Crippen LogP contribution is -2.63. The van der Waals surface area contributed by atoms with Crippen LogP contribution in [0, 0.1) is 11.8 Å². The molecule has 2 unspecified atom stereocenters. The minimum absolute atomic E-state index is 0.0331. The second-order valence-corrected chi connectivity index (χ2v) is 10.1. The normalized spacial score (nSPS) is 38.1. The van der Waals surface area contributed by atoms with E-state index in [4.69, 9.17) is 9.47 Å². The highest BCUT2D eigenvalue weighted by Gasteiger charge is 2.33. The number of methoxy groups -OCH3 is 1. The molecule has 2 aliphatic carbocycles. The van der Waals surface area contributed by atoms with E-state index in [2.05, 4.69) is 27.9 Å². The summed E-state index contributed by atoms with van der Waals surface area (Å²) in [5.41, 5.74) is 0. The fraction of sp³-hybridized carbons (Fsp3) is 0.957. The molecule has 8 heteroatoms. The van der Waals surface area contributed by atoms with Crippen LogP contribution in [0.4, 0.5) is 4.79 Å². The van der Waals surface area contributed by atoms with Gasteiger partial charge in [-0.3, -0.25) is 16.0 Å². The molecule has 4 fully saturated rings. The Bertz CT molecular complexity index is 555. The summed E-state index contributed by atoms with van der Waals surface area (Å²) in [5.74, 6) is 1.51. The van der Waals surface area contributed by atoms with Gasteiger partial charge in [0.1, 0.15) is 12.4 Å². The standard InChI is InChI=1S/C23H43N5O3/c1-27-10-12-28(13-11-27)23(29)31-21-5-3-4-19(14-21)26-22-24-15-18(16-25-22)17-6-8-20(30-2)9-7-17/h17-22,24-26H,3-16H2,1-2H3. The van der Waals surface area contributed by atoms with Gasteiger partial charge in [-0.25, -0.2) is 4.79 Å². The quantitative estimate of drug-likeness (QED) is 0.603. The number of carbonyl (C=O) groups excluding carboxylic acids is 1. The van der Waals surface area contributed by atoms with Gasteiger partial charge in [-0.15, -0.1) is 0 Å². The van der Waals surface area contributed by atoms with E-state index in [1.54, 1.807) is 0 Å². The third-order valence-corrected chi connectivity index (χ3v) is 7.94. The number of carbonyl (C=O) groups is 1. The van der Waals surface area contributed by atoms with E-state index in [-0.39, 0.29) is 18.5 Å². The van der Waals surface area contributed by atoms with E-state index in [1.165, 1.54) is 25.7 Å². The summed E-state index contributed by atoms with van der Waals surface area (Å²) in [6.07, 6.45) is 9.66. The summed E-state index contributed by atoms with van der Waals surface area (Å²) >= 11 is 0. The first-order valence-electron chi connectivity index (χ1n) is 12.5. The third-order valence-electron chi connectivity index (χ3n) is 7.94. The van der Waals surface area contributed by atoms with Crippen LogP contribution in [0.25, 0.3) is 0 Å². The molecule has 0 aromatic heterocycles. The third kappa shape index (κ3) is 6.54. The average molecular weight is 438 g/mol. The van der Waals surface area contributed by atoms with Crippen LogP contribution in [0.15, 0.2) is 0 Å². The minimum atomic E-state index is -0.126. The van der Waals surface area contributed by atoms with Gasteiger partial charge in [0.25, 0.3) is 0 Å². The highest BCUT2D eigenvalue weighted by atomic mass is 16.6. The Kier molecular flexibility index (Phi) is 8.45. The zero-order chi connectivity index (χ0) is 21.6. The second kappa shape index (κ2) is 11.3. The summed E-state index contributed by atoms with van der Waals surface area (Å²) in [4.78, 5) is 16.6. The van der Waals surface area contributed by atoms with Gasteiger partial charge in [-0.2, -0.15) is 0 Å². The van der Waals surface area contributed by atoms with Crippen LogP contribution in [-0.2, 0) is 9.47 Å². The molecule has 0 radical (unpaired) electrons. The van der Waals surface area contributed by atoms with Crippen molar-refractivity contribution in [3.05, 3.63) is 0 Å². The molecule has 31 heavy (non-hydrogen) atoms. The molecular weight excluding hydrogens is 394 g/mol. The van der Waals surface area contributed by atoms with Gasteiger partial charge in [-0.05, 0) is 70.3 Å². The summed E-state index contributed by atoms with van der Waals surface area (Å²) < 4.78 is 11.4. The van der Waals surface area contributed by atoms with E-state index < -0.39 is 0 Å². The summed E-state index contributed by atoms with van der Waals surface area (Å²) in [5, 5.41) is 11.1. The zero-order valence-electron chi connectivity index (χ0n) is 19.5. The molecule has 1 amide bonds. The first kappa shape index (κ1) is 23.2. The highest BCUT2D eigenvalue weighted by molar-refractivity contribution is 5.68. The van der Waals surface area contributed by atoms with Crippen molar-refractivity contribution in [3.8, 4) is 0 Å². The number of nitrogens with zero attached hydrogens (tertiary/aromatic N) is 2. The molecule has 2 heterocycles. The van der Waals surface area contributed by atoms with Crippen LogP contribution in [0.1, 0.15) is 51.4 Å². The van der Waals surface area contributed by atoms with E-state index in [9.17, 15) is 4.79 Å². The minimum Gasteiger partial charge on any atom is -0.446 e. The van der Waals surface area contributed by atoms with Gasteiger partial charge in [0.2, 0.25) is 0 Å². The van der Waals surface area contributed by atoms with Crippen LogP contribution in [0.5, 0.6) is 0 Å². The van der Waals surface area contributed by atoms with Gasteiger partial charge in [0.05, 0.1) is 6.10 Å². The van der Waals surface area contributed by atoms with Gasteiger partial charge in [0.15, 0.2) is 0 Å². The Morgan fingerprint density at radius 2 is 1.61 bits per heavy atom. The fourth-order valence-electron chi connectivity index (χ4n) is 5.77. The molecule has 4 rings (SSSR count). The molecule has 4 aliphatic rings. The Balaban J connectivity index is 1.15. The highest BCUT2D eigenvalue weighted by Crippen LogP contribution is 2.32. The Morgan fingerprint density at radius 1 is 0.903 bits per heavy atom. The van der Waals surface area contributed by atoms with Crippen molar-refractivity contribution in [1.82, 2.24) is 25.8 Å². The van der Waals surface area contributed by atoms with Gasteiger partial charge in [0, 0.05) is 52.4 Å². The fourth-order valence-corrected chi connectivity index (χ4v) is 5.77. The van der Waals surface area contributed by atoms with Crippen molar-refractivity contribution >= 4 is 6.09 Å². The largest absolute Gasteiger partial charge is 0.446 e. The molecule has 178 valence electrons. The number of amides is 1. The van der Waals surface area contributed by atoms with E-state index >= 15 is 0 Å². The average Bonchev–Trinajstić information content (AvgIpc) is 2.80. The lowest BCUT2D eigenvalue weighted by atomic mass is 9.78. The SMILES string of the molecule is COC1CCC(C2CNC(NC3CCCC(OC(=O)N4CCN(C)CC4)C3)NC2)CC1. The maximum atomic E-state index is 12.5. The summed E-state index contributed by atoms with van der Waals surface area (Å²) in [6.45, 7) is 5.54. The van der Waals surface area contributed by atoms with Crippen LogP contribution >= 0.6 is 0 Å². The zero-order valence-corrected chi connectivity index (χ0v) is 19.5. The van der Waals surface area contributed by atoms with Crippen molar-refractivity contribution in [1.29, 1.82) is 0 Å². The van der Waals surface area contributed by atoms with Crippen molar-refractivity contribution in [2.24, 2.45) is 11.8 Å². The van der Waals surface area contributed by atoms with Crippen molar-refractivity contribution in [2.45, 2.75) is 75.9 Å². The van der Waals surface area contributed by atoms with Gasteiger partial charge >= 0.3 is 6.09 Å². The second-order valence-electron chi connectivity index (χ2n) is 10.1. The molecule has 2 aliphatic heterocycles. The maximum absolute atomic E-state index is 12.5. The van der Waals surface area contributed by atoms with E-state index in [1.807, 2.05) is 12.0 Å². The summed E-state index contributed by atoms with van der Waals surface area (Å²) in [6, 6.07) is 0.387. The lowest BCUT2D eigenvalue weighted by Gasteiger charge is -2.41. The number of rotatable bonds is 5. The van der Waals surface area contributed by atoms with Crippen molar-refractivity contribution < 1.29 is 14.3 Å². The Morgan fingerprint density at radius 3 is 2.29 bits per heavy atom. The molecule has 2 saturated heterocycles. The first-order chi connectivity index (χ1) is 15.1. The molecule has 0 spiro atoms. The van der Waals surface area contributed by atoms with Crippen LogP contribution in [0.2, 0.25) is 0 Å². The van der Waals surface area contributed by atoms with Crippen molar-refractivity contribution in [2.75, 3.05) is 53.4 Å². The predicted molar refractivity (Wildman–Crippen MR) is 121 cm³/mol. The van der Waals surface area contributed by atoms with Crippen LogP contribution in [0.3, 0.4) is 0 Å². The number of hydrogen-bond donors (Lipinski definition) is 3. The predicted octanol–water partition coefficient (Wildman–Crippen LogP) is 1.57. The Labute approximate surface area is 187 Å². The van der Waals surface area contributed by atoms with Gasteiger partial charge < -0.3 is 19.3 Å². The number of nitrogens with one attached hydrogen (secondary N) is 3. The molecule has 2 saturated carbocycles. The maximum Gasteiger partial charge on any atom is 0.410 e. The van der Waals surface area contributed by atoms with Gasteiger partial charge in [-0.1, -0.05) is 0 Å². The summed E-state index contributed by atoms with van der Waals surface area (Å²) in [7, 11) is 3.94. The van der Waals surface area contributed by atoms with E-state index in [0.717, 1.165) is 70.9 Å². The Hall–Kier alpha value is -0.930. The molecule has 3 N–H and O–H groups in total. The molecule has 8 nitrogen and oxygen atoms in total. The van der Waals surface area contributed by atoms with Crippen LogP contribution < -0.4 is 16.0 Å². The lowest BCUT2D eigenvalue weighted by molar-refractivity contribution is 0.0257. The van der Waals surface area contributed by atoms with E-state index in [0.29, 0.717) is 18.1 Å². The molecule has 0 aromatic rings. The molecular formula is C23H43N5O3. The number of ether oxygens (including phenoxy) is 2. The topological polar surface area (TPSA) is 78.1 Å². The number of likely N-dealkylation sites (N-methyl/N-ethyl adjacent to an activating group) is 1. The van der Waals surface area contributed by atoms with Crippen LogP contribution in [-0.4, -0.2) is 93.9 Å². The monoisotopic (exact) mass is 437 g/mol. The number of hydrogen-bond acceptors (Lipinski definition) is 7. The molecule has 0 bridgehead atoms. The smallest absolute Gasteiger partial charge is 0.410 e. The first-order valence-corrected chi connectivity index (χ1v) is 12.5. The molecule has 2 atom stereocenters. The van der Waals surface area contributed by atoms with Crippen molar-refractivity contribution in [3.63, 3.8) is 0 Å². The number of piperazine rings is 1. The molecule has 0 aromatic carbocycles.